The Hall–Kier alpha value is -1.70. The molecule has 0 radical (unpaired) electrons. The summed E-state index contributed by atoms with van der Waals surface area (Å²) < 4.78 is 0. The van der Waals surface area contributed by atoms with Crippen molar-refractivity contribution in [1.29, 1.82) is 0 Å². The van der Waals surface area contributed by atoms with Gasteiger partial charge in [-0.3, -0.25) is 5.43 Å². The van der Waals surface area contributed by atoms with Crippen molar-refractivity contribution in [3.05, 3.63) is 28.7 Å². The minimum atomic E-state index is 0.862. The summed E-state index contributed by atoms with van der Waals surface area (Å²) in [5.74, 6) is 1.88. The quantitative estimate of drug-likeness (QED) is 0.476. The number of allylic oxidation sites excluding steroid dienone is 1. The Morgan fingerprint density at radius 2 is 2.29 bits per heavy atom. The molecule has 5 N–H and O–H groups in total. The second kappa shape index (κ2) is 6.38. The Balaban J connectivity index is 1.67. The van der Waals surface area contributed by atoms with E-state index in [1.165, 1.54) is 10.6 Å². The smallest absolute Gasteiger partial charge is 0.144 e. The summed E-state index contributed by atoms with van der Waals surface area (Å²) in [4.78, 5) is 11.6. The summed E-state index contributed by atoms with van der Waals surface area (Å²) in [5, 5.41) is 4.62. The molecule has 6 nitrogen and oxygen atoms in total. The number of anilines is 1. The van der Waals surface area contributed by atoms with Gasteiger partial charge in [-0.05, 0) is 19.4 Å². The Kier molecular flexibility index (Phi) is 4.33. The third kappa shape index (κ3) is 3.31. The number of hydrazine groups is 1. The SMILES string of the molecule is CCc1nc(NCCCC2=CNN[NH2+]2)c2cc(C)sc2n1. The van der Waals surface area contributed by atoms with E-state index in [4.69, 9.17) is 0 Å². The number of aryl methyl sites for hydroxylation is 2. The van der Waals surface area contributed by atoms with Gasteiger partial charge in [-0.2, -0.15) is 0 Å². The van der Waals surface area contributed by atoms with Crippen LogP contribution in [0.15, 0.2) is 18.0 Å². The summed E-state index contributed by atoms with van der Waals surface area (Å²) in [6, 6.07) is 2.17. The third-order valence-electron chi connectivity index (χ3n) is 3.41. The predicted octanol–water partition coefficient (Wildman–Crippen LogP) is 1.18. The molecule has 0 amide bonds. The van der Waals surface area contributed by atoms with Gasteiger partial charge in [-0.1, -0.05) is 12.5 Å². The highest BCUT2D eigenvalue weighted by atomic mass is 32.1. The maximum absolute atomic E-state index is 4.64. The van der Waals surface area contributed by atoms with Crippen molar-refractivity contribution in [3.63, 3.8) is 0 Å². The van der Waals surface area contributed by atoms with E-state index < -0.39 is 0 Å². The highest BCUT2D eigenvalue weighted by Gasteiger charge is 2.10. The van der Waals surface area contributed by atoms with Crippen molar-refractivity contribution >= 4 is 27.4 Å². The largest absolute Gasteiger partial charge is 0.369 e. The summed E-state index contributed by atoms with van der Waals surface area (Å²) in [5.41, 5.74) is 9.23. The maximum Gasteiger partial charge on any atom is 0.144 e. The van der Waals surface area contributed by atoms with Gasteiger partial charge in [0.05, 0.1) is 11.6 Å². The van der Waals surface area contributed by atoms with Crippen molar-refractivity contribution in [2.45, 2.75) is 33.1 Å². The molecule has 3 heterocycles. The predicted molar refractivity (Wildman–Crippen MR) is 85.5 cm³/mol. The van der Waals surface area contributed by atoms with Crippen LogP contribution >= 0.6 is 11.3 Å². The molecule has 7 heteroatoms. The molecule has 0 saturated carbocycles. The number of fused-ring (bicyclic) bond motifs is 1. The van der Waals surface area contributed by atoms with Crippen LogP contribution in [0.2, 0.25) is 0 Å². The van der Waals surface area contributed by atoms with Crippen LogP contribution in [0.25, 0.3) is 10.2 Å². The number of thiophene rings is 1. The van der Waals surface area contributed by atoms with Gasteiger partial charge < -0.3 is 5.32 Å². The fourth-order valence-electron chi connectivity index (χ4n) is 2.33. The third-order valence-corrected chi connectivity index (χ3v) is 4.36. The average Bonchev–Trinajstić information content (AvgIpc) is 3.11. The Labute approximate surface area is 128 Å². The lowest BCUT2D eigenvalue weighted by atomic mass is 10.2. The molecule has 1 aliphatic heterocycles. The van der Waals surface area contributed by atoms with Gasteiger partial charge in [0, 0.05) is 24.3 Å². The van der Waals surface area contributed by atoms with Gasteiger partial charge in [-0.25, -0.2) is 15.4 Å². The maximum atomic E-state index is 4.64. The number of nitrogens with one attached hydrogen (secondary N) is 3. The molecular weight excluding hydrogens is 284 g/mol. The normalized spacial score (nSPS) is 14.3. The van der Waals surface area contributed by atoms with E-state index in [9.17, 15) is 0 Å². The molecule has 0 bridgehead atoms. The van der Waals surface area contributed by atoms with Gasteiger partial charge >= 0.3 is 0 Å². The van der Waals surface area contributed by atoms with E-state index in [2.05, 4.69) is 46.2 Å². The van der Waals surface area contributed by atoms with Crippen LogP contribution in [-0.4, -0.2) is 16.5 Å². The number of quaternary nitrogens is 1. The molecule has 0 unspecified atom stereocenters. The van der Waals surface area contributed by atoms with Crippen LogP contribution in [0.3, 0.4) is 0 Å². The van der Waals surface area contributed by atoms with Crippen LogP contribution in [-0.2, 0) is 6.42 Å². The van der Waals surface area contributed by atoms with E-state index in [1.807, 2.05) is 11.6 Å². The van der Waals surface area contributed by atoms with Crippen molar-refractivity contribution in [1.82, 2.24) is 20.9 Å². The molecule has 112 valence electrons. The molecule has 2 aromatic rings. The first-order valence-corrected chi connectivity index (χ1v) is 8.12. The van der Waals surface area contributed by atoms with Gasteiger partial charge in [-0.15, -0.1) is 11.3 Å². The average molecular weight is 305 g/mol. The minimum absolute atomic E-state index is 0.862. The van der Waals surface area contributed by atoms with Crippen LogP contribution in [0, 0.1) is 6.92 Å². The Bertz CT molecular complexity index is 663. The number of nitrogens with zero attached hydrogens (tertiary/aromatic N) is 2. The standard InChI is InChI=1S/C14H20N6S/c1-3-12-17-13(11-7-9(2)21-14(11)18-12)15-6-4-5-10-8-16-20-19-10/h7-8,16,19-20H,3-6H2,1-2H3,(H,15,17,18)/p+1. The lowest BCUT2D eigenvalue weighted by molar-refractivity contribution is -0.664. The van der Waals surface area contributed by atoms with E-state index >= 15 is 0 Å². The summed E-state index contributed by atoms with van der Waals surface area (Å²) in [6.07, 6.45) is 4.98. The Morgan fingerprint density at radius 3 is 3.05 bits per heavy atom. The van der Waals surface area contributed by atoms with E-state index in [0.29, 0.717) is 0 Å². The van der Waals surface area contributed by atoms with Crippen molar-refractivity contribution < 1.29 is 5.43 Å². The molecule has 3 rings (SSSR count). The highest BCUT2D eigenvalue weighted by Crippen LogP contribution is 2.28. The molecule has 0 atom stereocenters. The van der Waals surface area contributed by atoms with Crippen molar-refractivity contribution in [2.75, 3.05) is 11.9 Å². The number of hydrogen-bond donors (Lipinski definition) is 4. The lowest BCUT2D eigenvalue weighted by Gasteiger charge is -2.07. The molecular formula is C14H21N6S+. The Morgan fingerprint density at radius 1 is 1.38 bits per heavy atom. The second-order valence-corrected chi connectivity index (χ2v) is 6.34. The minimum Gasteiger partial charge on any atom is -0.369 e. The molecule has 0 saturated heterocycles. The van der Waals surface area contributed by atoms with Gasteiger partial charge in [0.15, 0.2) is 0 Å². The van der Waals surface area contributed by atoms with Crippen molar-refractivity contribution in [2.24, 2.45) is 0 Å². The molecule has 1 aliphatic rings. The van der Waals surface area contributed by atoms with E-state index in [0.717, 1.165) is 47.7 Å². The van der Waals surface area contributed by atoms with Gasteiger partial charge in [0.25, 0.3) is 0 Å². The van der Waals surface area contributed by atoms with Gasteiger partial charge in [0.1, 0.15) is 22.2 Å². The molecule has 0 spiro atoms. The number of hydrogen-bond acceptors (Lipinski definition) is 6. The van der Waals surface area contributed by atoms with Crippen LogP contribution in [0.1, 0.15) is 30.5 Å². The molecule has 21 heavy (non-hydrogen) atoms. The molecule has 0 fully saturated rings. The van der Waals surface area contributed by atoms with E-state index in [-0.39, 0.29) is 0 Å². The van der Waals surface area contributed by atoms with E-state index in [1.54, 1.807) is 11.3 Å². The van der Waals surface area contributed by atoms with Crippen molar-refractivity contribution in [3.8, 4) is 0 Å². The fourth-order valence-corrected chi connectivity index (χ4v) is 3.23. The summed E-state index contributed by atoms with van der Waals surface area (Å²) in [6.45, 7) is 5.12. The van der Waals surface area contributed by atoms with Crippen LogP contribution in [0.4, 0.5) is 5.82 Å². The first-order valence-electron chi connectivity index (χ1n) is 7.30. The zero-order valence-electron chi connectivity index (χ0n) is 12.4. The number of aromatic nitrogens is 2. The second-order valence-electron chi connectivity index (χ2n) is 5.10. The van der Waals surface area contributed by atoms with Crippen LogP contribution in [0.5, 0.6) is 0 Å². The summed E-state index contributed by atoms with van der Waals surface area (Å²) in [7, 11) is 0. The zero-order valence-corrected chi connectivity index (χ0v) is 13.2. The molecule has 2 aromatic heterocycles. The lowest BCUT2D eigenvalue weighted by Crippen LogP contribution is -2.90. The number of nitrogens with two attached hydrogens (primary N) is 1. The number of rotatable bonds is 6. The molecule has 0 aliphatic carbocycles. The summed E-state index contributed by atoms with van der Waals surface area (Å²) >= 11 is 1.73. The zero-order chi connectivity index (χ0) is 14.7. The van der Waals surface area contributed by atoms with Crippen LogP contribution < -0.4 is 21.7 Å². The monoisotopic (exact) mass is 305 g/mol. The van der Waals surface area contributed by atoms with Gasteiger partial charge in [0.2, 0.25) is 0 Å². The molecule has 0 aromatic carbocycles. The highest BCUT2D eigenvalue weighted by molar-refractivity contribution is 7.18. The topological polar surface area (TPSA) is 78.5 Å². The first-order chi connectivity index (χ1) is 10.3. The first kappa shape index (κ1) is 14.2. The fraction of sp³-hybridized carbons (Fsp3) is 0.429.